The van der Waals surface area contributed by atoms with E-state index in [1.807, 2.05) is 0 Å². The number of nitrogens with one attached hydrogen (secondary N) is 2. The molecule has 0 aliphatic heterocycles. The van der Waals surface area contributed by atoms with Crippen LogP contribution < -0.4 is 9.44 Å². The van der Waals surface area contributed by atoms with Gasteiger partial charge in [0.05, 0.1) is 21.9 Å². The zero-order chi connectivity index (χ0) is 25.8. The van der Waals surface area contributed by atoms with Crippen molar-refractivity contribution in [3.05, 3.63) is 130 Å². The maximum atomic E-state index is 13.4. The molecule has 4 aromatic carbocycles. The molecule has 4 rings (SSSR count). The Labute approximate surface area is 221 Å². The van der Waals surface area contributed by atoms with Gasteiger partial charge in [-0.3, -0.25) is 0 Å². The first-order chi connectivity index (χ1) is 17.2. The number of hydrogen-bond donors (Lipinski definition) is 2. The molecule has 10 heteroatoms. The number of hydrogen-bond acceptors (Lipinski definition) is 4. The van der Waals surface area contributed by atoms with Crippen molar-refractivity contribution >= 4 is 43.2 Å². The molecule has 0 heterocycles. The summed E-state index contributed by atoms with van der Waals surface area (Å²) in [4.78, 5) is 0.0921. The summed E-state index contributed by atoms with van der Waals surface area (Å²) in [5, 5.41) is 0.910. The molecular weight excluding hydrogens is 539 g/mol. The van der Waals surface area contributed by atoms with E-state index in [2.05, 4.69) is 9.44 Å². The quantitative estimate of drug-likeness (QED) is 0.273. The molecule has 0 aromatic heterocycles. The monoisotopic (exact) mass is 560 g/mol. The van der Waals surface area contributed by atoms with E-state index in [0.717, 1.165) is 0 Å². The second-order valence-corrected chi connectivity index (χ2v) is 12.2. The zero-order valence-electron chi connectivity index (χ0n) is 18.8. The lowest BCUT2D eigenvalue weighted by atomic mass is 9.95. The summed E-state index contributed by atoms with van der Waals surface area (Å²) in [5.41, 5.74) is 1.02. The van der Waals surface area contributed by atoms with Crippen molar-refractivity contribution < 1.29 is 16.8 Å². The molecule has 0 aliphatic carbocycles. The average Bonchev–Trinajstić information content (AvgIpc) is 2.88. The fraction of sp³-hybridized carbons (Fsp3) is 0.0769. The van der Waals surface area contributed by atoms with Gasteiger partial charge in [0.1, 0.15) is 0 Å². The minimum Gasteiger partial charge on any atom is -0.207 e. The molecular formula is C26H22Cl2N2O4S2. The molecule has 0 bridgehead atoms. The number of benzene rings is 4. The van der Waals surface area contributed by atoms with Crippen LogP contribution in [-0.2, 0) is 20.0 Å². The summed E-state index contributed by atoms with van der Waals surface area (Å²) in [5.74, 6) is 0. The van der Waals surface area contributed by atoms with Crippen LogP contribution in [0.15, 0.2) is 119 Å². The summed E-state index contributed by atoms with van der Waals surface area (Å²) in [6, 6.07) is 26.7. The van der Waals surface area contributed by atoms with E-state index >= 15 is 0 Å². The molecule has 4 aromatic rings. The van der Waals surface area contributed by atoms with Crippen LogP contribution in [0.3, 0.4) is 0 Å². The summed E-state index contributed by atoms with van der Waals surface area (Å²) >= 11 is 12.2. The third kappa shape index (κ3) is 6.34. The Hall–Kier alpha value is -2.72. The highest BCUT2D eigenvalue weighted by molar-refractivity contribution is 7.90. The van der Waals surface area contributed by atoms with Gasteiger partial charge in [-0.15, -0.1) is 0 Å². The minimum atomic E-state index is -4.04. The second-order valence-electron chi connectivity index (χ2n) is 7.93. The lowest BCUT2D eigenvalue weighted by Crippen LogP contribution is -2.40. The Morgan fingerprint density at radius 2 is 0.778 bits per heavy atom. The van der Waals surface area contributed by atoms with Crippen LogP contribution in [0.1, 0.15) is 23.2 Å². The van der Waals surface area contributed by atoms with Gasteiger partial charge in [0.25, 0.3) is 0 Å². The topological polar surface area (TPSA) is 92.3 Å². The third-order valence-corrected chi connectivity index (χ3v) is 8.88. The van der Waals surface area contributed by atoms with E-state index < -0.39 is 32.1 Å². The molecule has 2 unspecified atom stereocenters. The van der Waals surface area contributed by atoms with Crippen molar-refractivity contribution in [1.82, 2.24) is 9.44 Å². The lowest BCUT2D eigenvalue weighted by Gasteiger charge is -2.29. The molecule has 0 radical (unpaired) electrons. The van der Waals surface area contributed by atoms with E-state index in [4.69, 9.17) is 23.2 Å². The molecule has 0 spiro atoms. The Kier molecular flexibility index (Phi) is 8.14. The van der Waals surface area contributed by atoms with Gasteiger partial charge in [-0.05, 0) is 59.7 Å². The van der Waals surface area contributed by atoms with Gasteiger partial charge < -0.3 is 0 Å². The number of rotatable bonds is 9. The zero-order valence-corrected chi connectivity index (χ0v) is 21.9. The van der Waals surface area contributed by atoms with Crippen molar-refractivity contribution in [1.29, 1.82) is 0 Å². The fourth-order valence-corrected chi connectivity index (χ4v) is 6.43. The van der Waals surface area contributed by atoms with Crippen molar-refractivity contribution in [2.45, 2.75) is 21.9 Å². The predicted octanol–water partition coefficient (Wildman–Crippen LogP) is 5.73. The van der Waals surface area contributed by atoms with E-state index in [-0.39, 0.29) is 9.79 Å². The standard InChI is InChI=1S/C26H22Cl2N2O4S2/c27-21-15-11-19(12-16-21)25(29-35(31,32)23-7-3-1-4-8-23)26(20-13-17-22(28)18-14-20)30-36(33,34)24-9-5-2-6-10-24/h1-18,25-26,29-30H. The van der Waals surface area contributed by atoms with E-state index in [9.17, 15) is 16.8 Å². The van der Waals surface area contributed by atoms with Crippen molar-refractivity contribution in [3.8, 4) is 0 Å². The van der Waals surface area contributed by atoms with Gasteiger partial charge in [0.15, 0.2) is 0 Å². The van der Waals surface area contributed by atoms with Crippen LogP contribution in [0.5, 0.6) is 0 Å². The Bertz CT molecular complexity index is 1400. The Morgan fingerprint density at radius 1 is 0.472 bits per heavy atom. The largest absolute Gasteiger partial charge is 0.241 e. The summed E-state index contributed by atoms with van der Waals surface area (Å²) < 4.78 is 58.9. The van der Waals surface area contributed by atoms with Crippen LogP contribution >= 0.6 is 23.2 Å². The lowest BCUT2D eigenvalue weighted by molar-refractivity contribution is 0.466. The fourth-order valence-electron chi connectivity index (χ4n) is 3.67. The van der Waals surface area contributed by atoms with Gasteiger partial charge in [0.2, 0.25) is 20.0 Å². The van der Waals surface area contributed by atoms with Gasteiger partial charge in [0, 0.05) is 10.0 Å². The number of halogens is 2. The first-order valence-corrected chi connectivity index (χ1v) is 14.5. The molecule has 186 valence electrons. The molecule has 0 amide bonds. The smallest absolute Gasteiger partial charge is 0.207 e. The van der Waals surface area contributed by atoms with Gasteiger partial charge in [-0.2, -0.15) is 0 Å². The summed E-state index contributed by atoms with van der Waals surface area (Å²) in [6.07, 6.45) is 0. The van der Waals surface area contributed by atoms with Crippen molar-refractivity contribution in [3.63, 3.8) is 0 Å². The first kappa shape index (κ1) is 26.3. The minimum absolute atomic E-state index is 0.0461. The molecule has 0 fully saturated rings. The number of sulfonamides is 2. The van der Waals surface area contributed by atoms with Crippen molar-refractivity contribution in [2.75, 3.05) is 0 Å². The first-order valence-electron chi connectivity index (χ1n) is 10.8. The molecule has 36 heavy (non-hydrogen) atoms. The molecule has 2 atom stereocenters. The highest BCUT2D eigenvalue weighted by Crippen LogP contribution is 2.33. The van der Waals surface area contributed by atoms with Crippen LogP contribution in [-0.4, -0.2) is 16.8 Å². The predicted molar refractivity (Wildman–Crippen MR) is 142 cm³/mol. The SMILES string of the molecule is O=S(=O)(NC(c1ccc(Cl)cc1)C(NS(=O)(=O)c1ccccc1)c1ccc(Cl)cc1)c1ccccc1. The second kappa shape index (κ2) is 11.1. The molecule has 0 saturated carbocycles. The molecule has 0 aliphatic rings. The maximum absolute atomic E-state index is 13.4. The third-order valence-electron chi connectivity index (χ3n) is 5.46. The van der Waals surface area contributed by atoms with E-state index in [1.54, 1.807) is 84.9 Å². The van der Waals surface area contributed by atoms with Gasteiger partial charge in [-0.25, -0.2) is 26.3 Å². The van der Waals surface area contributed by atoms with Crippen LogP contribution in [0, 0.1) is 0 Å². The van der Waals surface area contributed by atoms with Gasteiger partial charge in [-0.1, -0.05) is 83.9 Å². The normalized spacial score (nSPS) is 13.7. The Morgan fingerprint density at radius 3 is 1.08 bits per heavy atom. The molecule has 6 nitrogen and oxygen atoms in total. The van der Waals surface area contributed by atoms with E-state index in [1.165, 1.54) is 24.3 Å². The maximum Gasteiger partial charge on any atom is 0.241 e. The Balaban J connectivity index is 1.85. The van der Waals surface area contributed by atoms with Crippen LogP contribution in [0.2, 0.25) is 10.0 Å². The molecule has 2 N–H and O–H groups in total. The van der Waals surface area contributed by atoms with E-state index in [0.29, 0.717) is 21.2 Å². The highest BCUT2D eigenvalue weighted by Gasteiger charge is 2.33. The highest BCUT2D eigenvalue weighted by atomic mass is 35.5. The summed E-state index contributed by atoms with van der Waals surface area (Å²) in [7, 11) is -8.09. The van der Waals surface area contributed by atoms with Gasteiger partial charge >= 0.3 is 0 Å². The van der Waals surface area contributed by atoms with Crippen molar-refractivity contribution in [2.24, 2.45) is 0 Å². The molecule has 0 saturated heterocycles. The van der Waals surface area contributed by atoms with Crippen LogP contribution in [0.4, 0.5) is 0 Å². The van der Waals surface area contributed by atoms with Crippen LogP contribution in [0.25, 0.3) is 0 Å². The summed E-state index contributed by atoms with van der Waals surface area (Å²) in [6.45, 7) is 0. The average molecular weight is 562 g/mol.